The lowest BCUT2D eigenvalue weighted by molar-refractivity contribution is 0.0956. The van der Waals surface area contributed by atoms with Crippen LogP contribution in [-0.4, -0.2) is 21.1 Å². The van der Waals surface area contributed by atoms with Gasteiger partial charge in [-0.1, -0.05) is 0 Å². The number of aromatic nitrogens is 3. The van der Waals surface area contributed by atoms with Crippen LogP contribution < -0.4 is 11.1 Å². The zero-order valence-electron chi connectivity index (χ0n) is 9.66. The average Bonchev–Trinajstić information content (AvgIpc) is 3.05. The number of rotatable bonds is 3. The van der Waals surface area contributed by atoms with Crippen LogP contribution in [0.15, 0.2) is 23.8 Å². The van der Waals surface area contributed by atoms with Gasteiger partial charge in [0.1, 0.15) is 14.7 Å². The molecule has 0 aliphatic carbocycles. The van der Waals surface area contributed by atoms with Gasteiger partial charge in [0.2, 0.25) is 0 Å². The number of anilines is 1. The molecule has 0 bridgehead atoms. The first-order valence-electron chi connectivity index (χ1n) is 5.42. The molecule has 0 spiro atoms. The Morgan fingerprint density at radius 2 is 2.32 bits per heavy atom. The van der Waals surface area contributed by atoms with E-state index in [1.165, 1.54) is 22.7 Å². The maximum atomic E-state index is 12.1. The number of carbonyl (C=O) groups is 1. The Balaban J connectivity index is 1.83. The van der Waals surface area contributed by atoms with Gasteiger partial charge in [-0.2, -0.15) is 5.10 Å². The molecule has 0 aliphatic rings. The molecule has 96 valence electrons. The molecule has 0 aliphatic heterocycles. The van der Waals surface area contributed by atoms with Gasteiger partial charge in [0.15, 0.2) is 0 Å². The van der Waals surface area contributed by atoms with E-state index in [1.54, 1.807) is 18.5 Å². The fourth-order valence-corrected chi connectivity index (χ4v) is 3.13. The van der Waals surface area contributed by atoms with Gasteiger partial charge in [-0.15, -0.1) is 27.8 Å². The second-order valence-electron chi connectivity index (χ2n) is 3.70. The van der Waals surface area contributed by atoms with Crippen LogP contribution in [0.3, 0.4) is 0 Å². The number of thiophene rings is 1. The number of fused-ring (bicyclic) bond motifs is 1. The van der Waals surface area contributed by atoms with Crippen LogP contribution in [0.2, 0.25) is 0 Å². The Kier molecular flexibility index (Phi) is 3.10. The molecule has 0 saturated heterocycles. The van der Waals surface area contributed by atoms with Crippen molar-refractivity contribution in [3.63, 3.8) is 0 Å². The van der Waals surface area contributed by atoms with Gasteiger partial charge in [0.05, 0.1) is 18.4 Å². The van der Waals surface area contributed by atoms with Gasteiger partial charge in [-0.05, 0) is 6.07 Å². The average molecular weight is 291 g/mol. The number of nitrogens with one attached hydrogen (secondary N) is 1. The Morgan fingerprint density at radius 3 is 3.05 bits per heavy atom. The van der Waals surface area contributed by atoms with Crippen LogP contribution in [0.25, 0.3) is 10.2 Å². The number of nitrogens with zero attached hydrogens (tertiary/aromatic N) is 3. The zero-order chi connectivity index (χ0) is 13.2. The Hall–Kier alpha value is -2.06. The van der Waals surface area contributed by atoms with Crippen LogP contribution in [-0.2, 0) is 6.54 Å². The third-order valence-corrected chi connectivity index (χ3v) is 4.39. The topological polar surface area (TPSA) is 93.8 Å². The van der Waals surface area contributed by atoms with Crippen LogP contribution in [0.4, 0.5) is 5.69 Å². The summed E-state index contributed by atoms with van der Waals surface area (Å²) in [4.78, 5) is 17.3. The molecule has 0 atom stereocenters. The maximum absolute atomic E-state index is 12.1. The van der Waals surface area contributed by atoms with Crippen molar-refractivity contribution in [2.75, 3.05) is 5.73 Å². The lowest BCUT2D eigenvalue weighted by Crippen LogP contribution is -2.22. The lowest BCUT2D eigenvalue weighted by Gasteiger charge is -2.01. The van der Waals surface area contributed by atoms with Crippen molar-refractivity contribution in [3.05, 3.63) is 33.7 Å². The number of amides is 1. The molecular formula is C11H9N5OS2. The third-order valence-electron chi connectivity index (χ3n) is 2.51. The third kappa shape index (κ3) is 2.27. The first-order chi connectivity index (χ1) is 9.25. The number of hydrogen-bond donors (Lipinski definition) is 2. The highest BCUT2D eigenvalue weighted by molar-refractivity contribution is 7.21. The highest BCUT2D eigenvalue weighted by Gasteiger charge is 2.17. The molecule has 0 fully saturated rings. The zero-order valence-corrected chi connectivity index (χ0v) is 11.3. The van der Waals surface area contributed by atoms with Gasteiger partial charge >= 0.3 is 0 Å². The Morgan fingerprint density at radius 1 is 1.42 bits per heavy atom. The first-order valence-corrected chi connectivity index (χ1v) is 7.11. The van der Waals surface area contributed by atoms with E-state index in [4.69, 9.17) is 5.73 Å². The van der Waals surface area contributed by atoms with Gasteiger partial charge in [0, 0.05) is 17.0 Å². The van der Waals surface area contributed by atoms with E-state index in [-0.39, 0.29) is 5.91 Å². The normalized spacial score (nSPS) is 10.7. The van der Waals surface area contributed by atoms with Crippen LogP contribution in [0, 0.1) is 0 Å². The molecule has 0 aromatic carbocycles. The molecule has 8 heteroatoms. The maximum Gasteiger partial charge on any atom is 0.263 e. The monoisotopic (exact) mass is 291 g/mol. The number of hydrogen-bond acceptors (Lipinski definition) is 7. The van der Waals surface area contributed by atoms with Crippen LogP contribution in [0.1, 0.15) is 14.7 Å². The minimum atomic E-state index is -0.212. The van der Waals surface area contributed by atoms with Crippen molar-refractivity contribution in [2.24, 2.45) is 0 Å². The Bertz CT molecular complexity index is 722. The molecule has 0 radical (unpaired) electrons. The van der Waals surface area contributed by atoms with E-state index >= 15 is 0 Å². The van der Waals surface area contributed by atoms with Crippen molar-refractivity contribution in [1.29, 1.82) is 0 Å². The van der Waals surface area contributed by atoms with Gasteiger partial charge < -0.3 is 11.1 Å². The summed E-state index contributed by atoms with van der Waals surface area (Å²) in [5.41, 5.74) is 6.41. The molecule has 0 unspecified atom stereocenters. The molecule has 19 heavy (non-hydrogen) atoms. The molecule has 1 amide bonds. The van der Waals surface area contributed by atoms with E-state index in [0.29, 0.717) is 21.9 Å². The van der Waals surface area contributed by atoms with Crippen LogP contribution in [0.5, 0.6) is 0 Å². The molecule has 3 aromatic heterocycles. The van der Waals surface area contributed by atoms with E-state index in [0.717, 1.165) is 10.4 Å². The standard InChI is InChI=1S/C11H9N5OS2/c12-8-6-1-2-15-16-11(6)19-9(8)10(17)14-5-7-13-3-4-18-7/h1-4H,5,12H2,(H,14,17). The SMILES string of the molecule is Nc1c(C(=O)NCc2nccs2)sc2nnccc12. The van der Waals surface area contributed by atoms with Gasteiger partial charge in [0.25, 0.3) is 5.91 Å². The van der Waals surface area contributed by atoms with Crippen molar-refractivity contribution in [1.82, 2.24) is 20.5 Å². The van der Waals surface area contributed by atoms with E-state index in [2.05, 4.69) is 20.5 Å². The van der Waals surface area contributed by atoms with E-state index in [9.17, 15) is 4.79 Å². The van der Waals surface area contributed by atoms with Gasteiger partial charge in [-0.3, -0.25) is 4.79 Å². The number of carbonyl (C=O) groups excluding carboxylic acids is 1. The fourth-order valence-electron chi connectivity index (χ4n) is 1.62. The van der Waals surface area contributed by atoms with E-state index < -0.39 is 0 Å². The summed E-state index contributed by atoms with van der Waals surface area (Å²) in [5, 5.41) is 14.0. The number of thiazole rings is 1. The van der Waals surface area contributed by atoms with Gasteiger partial charge in [-0.25, -0.2) is 4.98 Å². The highest BCUT2D eigenvalue weighted by atomic mass is 32.1. The van der Waals surface area contributed by atoms with Crippen molar-refractivity contribution >= 4 is 44.5 Å². The Labute approximate surface area is 116 Å². The molecule has 0 saturated carbocycles. The predicted molar refractivity (Wildman–Crippen MR) is 75.1 cm³/mol. The second-order valence-corrected chi connectivity index (χ2v) is 5.68. The number of nitrogens with two attached hydrogens (primary N) is 1. The minimum Gasteiger partial charge on any atom is -0.397 e. The molecule has 3 rings (SSSR count). The lowest BCUT2D eigenvalue weighted by atomic mass is 10.3. The number of nitrogen functional groups attached to an aromatic ring is 1. The smallest absolute Gasteiger partial charge is 0.263 e. The first kappa shape index (κ1) is 12.0. The summed E-state index contributed by atoms with van der Waals surface area (Å²) >= 11 is 2.73. The van der Waals surface area contributed by atoms with Crippen molar-refractivity contribution in [3.8, 4) is 0 Å². The summed E-state index contributed by atoms with van der Waals surface area (Å²) in [6.45, 7) is 0.399. The van der Waals surface area contributed by atoms with Crippen molar-refractivity contribution < 1.29 is 4.79 Å². The minimum absolute atomic E-state index is 0.212. The molecule has 3 N–H and O–H groups in total. The van der Waals surface area contributed by atoms with Crippen molar-refractivity contribution in [2.45, 2.75) is 6.54 Å². The van der Waals surface area contributed by atoms with Crippen LogP contribution >= 0.6 is 22.7 Å². The fraction of sp³-hybridized carbons (Fsp3) is 0.0909. The molecule has 3 heterocycles. The summed E-state index contributed by atoms with van der Waals surface area (Å²) < 4.78 is 0. The summed E-state index contributed by atoms with van der Waals surface area (Å²) in [6, 6.07) is 1.76. The second kappa shape index (κ2) is 4.90. The summed E-state index contributed by atoms with van der Waals surface area (Å²) in [7, 11) is 0. The molecule has 6 nitrogen and oxygen atoms in total. The largest absolute Gasteiger partial charge is 0.397 e. The quantitative estimate of drug-likeness (QED) is 0.765. The molecule has 3 aromatic rings. The van der Waals surface area contributed by atoms with E-state index in [1.807, 2.05) is 5.38 Å². The highest BCUT2D eigenvalue weighted by Crippen LogP contribution is 2.31. The molecular weight excluding hydrogens is 282 g/mol. The summed E-state index contributed by atoms with van der Waals surface area (Å²) in [6.07, 6.45) is 3.26. The predicted octanol–water partition coefficient (Wildman–Crippen LogP) is 1.66. The summed E-state index contributed by atoms with van der Waals surface area (Å²) in [5.74, 6) is -0.212.